The number of fused-ring (bicyclic) bond motifs is 1. The molecule has 2 aliphatic carbocycles. The van der Waals surface area contributed by atoms with Crippen molar-refractivity contribution in [1.82, 2.24) is 24.4 Å². The van der Waals surface area contributed by atoms with Gasteiger partial charge in [-0.05, 0) is 75.0 Å². The first-order valence-corrected chi connectivity index (χ1v) is 15.7. The summed E-state index contributed by atoms with van der Waals surface area (Å²) >= 11 is 0. The number of halogens is 2. The summed E-state index contributed by atoms with van der Waals surface area (Å²) in [6.07, 6.45) is 6.90. The molecule has 0 unspecified atom stereocenters. The largest absolute Gasteiger partial charge is 0.516 e. The molecule has 3 heterocycles. The number of para-hydroxylation sites is 2. The van der Waals surface area contributed by atoms with Gasteiger partial charge in [0.2, 0.25) is 5.95 Å². The molecule has 0 amide bonds. The maximum atomic E-state index is 14.2. The third kappa shape index (κ3) is 6.93. The SMILES string of the molecule is C/C(=C\O)CN(CC1CCC1)[C@H]1CC[C@H](CNc2nc(N3CCOCC3)cc(-n3c(C(F)F)nc4ccccc43)n2)CC1. The van der Waals surface area contributed by atoms with Crippen molar-refractivity contribution in [2.24, 2.45) is 11.8 Å². The molecule has 1 aromatic carbocycles. The zero-order chi connectivity index (χ0) is 29.8. The fourth-order valence-corrected chi connectivity index (χ4v) is 6.66. The van der Waals surface area contributed by atoms with Crippen molar-refractivity contribution in [1.29, 1.82) is 0 Å². The van der Waals surface area contributed by atoms with Gasteiger partial charge in [0.25, 0.3) is 6.43 Å². The minimum Gasteiger partial charge on any atom is -0.516 e. The molecule has 3 aliphatic rings. The lowest BCUT2D eigenvalue weighted by Crippen LogP contribution is -2.43. The summed E-state index contributed by atoms with van der Waals surface area (Å²) in [6, 6.07) is 9.47. The van der Waals surface area contributed by atoms with Gasteiger partial charge in [0, 0.05) is 44.8 Å². The second-order valence-corrected chi connectivity index (χ2v) is 12.4. The topological polar surface area (TPSA) is 91.6 Å². The summed E-state index contributed by atoms with van der Waals surface area (Å²) < 4.78 is 35.4. The highest BCUT2D eigenvalue weighted by atomic mass is 19.3. The molecular weight excluding hydrogens is 552 g/mol. The van der Waals surface area contributed by atoms with Crippen molar-refractivity contribution < 1.29 is 18.6 Å². The van der Waals surface area contributed by atoms with Crippen LogP contribution in [0.5, 0.6) is 0 Å². The van der Waals surface area contributed by atoms with Crippen LogP contribution in [0.15, 0.2) is 42.2 Å². The maximum Gasteiger partial charge on any atom is 0.296 e. The minimum atomic E-state index is -2.75. The van der Waals surface area contributed by atoms with Gasteiger partial charge in [-0.3, -0.25) is 9.47 Å². The van der Waals surface area contributed by atoms with Gasteiger partial charge in [0.05, 0.1) is 30.5 Å². The Labute approximate surface area is 252 Å². The van der Waals surface area contributed by atoms with Crippen molar-refractivity contribution in [2.45, 2.75) is 64.3 Å². The number of morpholine rings is 1. The van der Waals surface area contributed by atoms with Crippen LogP contribution in [0.25, 0.3) is 16.9 Å². The summed E-state index contributed by atoms with van der Waals surface area (Å²) in [7, 11) is 0. The molecular formula is C32H43F2N7O2. The number of nitrogens with zero attached hydrogens (tertiary/aromatic N) is 6. The summed E-state index contributed by atoms with van der Waals surface area (Å²) in [5, 5.41) is 13.0. The maximum absolute atomic E-state index is 14.2. The van der Waals surface area contributed by atoms with Gasteiger partial charge in [0.1, 0.15) is 11.6 Å². The molecule has 3 fully saturated rings. The predicted octanol–water partition coefficient (Wildman–Crippen LogP) is 6.12. The van der Waals surface area contributed by atoms with E-state index in [9.17, 15) is 13.9 Å². The van der Waals surface area contributed by atoms with Crippen molar-refractivity contribution in [3.63, 3.8) is 0 Å². The van der Waals surface area contributed by atoms with Gasteiger partial charge in [-0.25, -0.2) is 13.8 Å². The number of aliphatic hydroxyl groups excluding tert-OH is 1. The first kappa shape index (κ1) is 29.7. The lowest BCUT2D eigenvalue weighted by molar-refractivity contribution is 0.106. The van der Waals surface area contributed by atoms with Crippen LogP contribution >= 0.6 is 0 Å². The number of ether oxygens (including phenoxy) is 1. The molecule has 0 bridgehead atoms. The van der Waals surface area contributed by atoms with E-state index in [1.807, 2.05) is 13.0 Å². The van der Waals surface area contributed by atoms with Gasteiger partial charge in [-0.15, -0.1) is 0 Å². The van der Waals surface area contributed by atoms with Crippen LogP contribution in [0, 0.1) is 11.8 Å². The van der Waals surface area contributed by atoms with E-state index in [0.717, 1.165) is 56.8 Å². The molecule has 11 heteroatoms. The second-order valence-electron chi connectivity index (χ2n) is 12.4. The Hall–Kier alpha value is -3.31. The van der Waals surface area contributed by atoms with Crippen LogP contribution in [0.2, 0.25) is 0 Å². The third-order valence-electron chi connectivity index (χ3n) is 9.32. The Morgan fingerprint density at radius 3 is 2.49 bits per heavy atom. The summed E-state index contributed by atoms with van der Waals surface area (Å²) in [6.45, 7) is 7.20. The number of hydrogen-bond donors (Lipinski definition) is 2. The first-order chi connectivity index (χ1) is 21.0. The smallest absolute Gasteiger partial charge is 0.296 e. The Morgan fingerprint density at radius 2 is 1.79 bits per heavy atom. The van der Waals surface area contributed by atoms with Crippen molar-refractivity contribution in [2.75, 3.05) is 56.2 Å². The lowest BCUT2D eigenvalue weighted by atomic mass is 9.82. The van der Waals surface area contributed by atoms with Crippen molar-refractivity contribution in [3.8, 4) is 5.82 Å². The van der Waals surface area contributed by atoms with Crippen LogP contribution in [-0.4, -0.2) is 81.5 Å². The van der Waals surface area contributed by atoms with Gasteiger partial charge in [0.15, 0.2) is 5.82 Å². The molecule has 0 radical (unpaired) electrons. The van der Waals surface area contributed by atoms with Crippen LogP contribution in [-0.2, 0) is 4.74 Å². The number of anilines is 2. The van der Waals surface area contributed by atoms with Gasteiger partial charge in [-0.1, -0.05) is 18.6 Å². The number of alkyl halides is 2. The number of imidazole rings is 1. The number of aliphatic hydroxyl groups is 1. The van der Waals surface area contributed by atoms with Gasteiger partial charge < -0.3 is 20.1 Å². The quantitative estimate of drug-likeness (QED) is 0.256. The fraction of sp³-hybridized carbons (Fsp3) is 0.594. The number of rotatable bonds is 11. The lowest BCUT2D eigenvalue weighted by Gasteiger charge is -2.40. The highest BCUT2D eigenvalue weighted by Gasteiger charge is 2.30. The molecule has 2 N–H and O–H groups in total. The van der Waals surface area contributed by atoms with E-state index in [1.54, 1.807) is 24.3 Å². The van der Waals surface area contributed by atoms with E-state index in [4.69, 9.17) is 14.7 Å². The molecule has 43 heavy (non-hydrogen) atoms. The standard InChI is InChI=1S/C32H43F2N7O2/c1-22(21-42)19-40(20-24-5-4-6-24)25-11-9-23(10-12-25)18-35-32-37-28(39-13-15-43-16-14-39)17-29(38-32)41-27-8-3-2-7-26(27)36-31(41)30(33)34/h2-3,7-8,17,21,23-25,30,42H,4-6,9-16,18-20H2,1H3,(H,35,37,38)/b22-21+/t23-,25-. The summed E-state index contributed by atoms with van der Waals surface area (Å²) in [4.78, 5) is 18.5. The minimum absolute atomic E-state index is 0.324. The molecule has 3 aromatic rings. The van der Waals surface area contributed by atoms with E-state index in [0.29, 0.717) is 66.9 Å². The zero-order valence-electron chi connectivity index (χ0n) is 25.0. The molecule has 0 spiro atoms. The highest BCUT2D eigenvalue weighted by Crippen LogP contribution is 2.33. The molecule has 9 nitrogen and oxygen atoms in total. The van der Waals surface area contributed by atoms with Crippen LogP contribution in [0.3, 0.4) is 0 Å². The van der Waals surface area contributed by atoms with Crippen molar-refractivity contribution >= 4 is 22.8 Å². The molecule has 6 rings (SSSR count). The number of nitrogens with one attached hydrogen (secondary N) is 1. The molecule has 0 atom stereocenters. The Kier molecular flexibility index (Phi) is 9.37. The van der Waals surface area contributed by atoms with E-state index in [1.165, 1.54) is 30.1 Å². The van der Waals surface area contributed by atoms with Crippen LogP contribution in [0.4, 0.5) is 20.5 Å². The molecule has 1 saturated heterocycles. The Balaban J connectivity index is 1.18. The molecule has 232 valence electrons. The van der Waals surface area contributed by atoms with Crippen LogP contribution in [0.1, 0.15) is 64.1 Å². The predicted molar refractivity (Wildman–Crippen MR) is 164 cm³/mol. The van der Waals surface area contributed by atoms with E-state index in [2.05, 4.69) is 20.1 Å². The number of benzene rings is 1. The van der Waals surface area contributed by atoms with Gasteiger partial charge in [-0.2, -0.15) is 9.97 Å². The van der Waals surface area contributed by atoms with Crippen LogP contribution < -0.4 is 10.2 Å². The average molecular weight is 596 g/mol. The number of hydrogen-bond acceptors (Lipinski definition) is 8. The second kappa shape index (κ2) is 13.5. The first-order valence-electron chi connectivity index (χ1n) is 15.7. The average Bonchev–Trinajstić information content (AvgIpc) is 3.42. The zero-order valence-corrected chi connectivity index (χ0v) is 25.0. The normalized spacial score (nSPS) is 22.0. The number of aromatic nitrogens is 4. The molecule has 2 saturated carbocycles. The monoisotopic (exact) mass is 595 g/mol. The Morgan fingerprint density at radius 1 is 1.05 bits per heavy atom. The van der Waals surface area contributed by atoms with Gasteiger partial charge >= 0.3 is 0 Å². The summed E-state index contributed by atoms with van der Waals surface area (Å²) in [5.41, 5.74) is 2.11. The fourth-order valence-electron chi connectivity index (χ4n) is 6.66. The van der Waals surface area contributed by atoms with E-state index in [-0.39, 0.29) is 5.82 Å². The molecule has 1 aliphatic heterocycles. The Bertz CT molecular complexity index is 1400. The highest BCUT2D eigenvalue weighted by molar-refractivity contribution is 5.78. The summed E-state index contributed by atoms with van der Waals surface area (Å²) in [5.74, 6) is 2.45. The molecule has 2 aromatic heterocycles. The van der Waals surface area contributed by atoms with Crippen molar-refractivity contribution in [3.05, 3.63) is 48.0 Å². The van der Waals surface area contributed by atoms with E-state index >= 15 is 0 Å². The van der Waals surface area contributed by atoms with E-state index < -0.39 is 6.43 Å². The third-order valence-corrected chi connectivity index (χ3v) is 9.32.